The van der Waals surface area contributed by atoms with Crippen molar-refractivity contribution in [3.8, 4) is 5.75 Å². The third-order valence-corrected chi connectivity index (χ3v) is 6.37. The molecule has 11 heteroatoms. The van der Waals surface area contributed by atoms with Gasteiger partial charge in [-0.25, -0.2) is 5.01 Å². The quantitative estimate of drug-likeness (QED) is 0.713. The Balaban J connectivity index is 1.84. The van der Waals surface area contributed by atoms with Gasteiger partial charge in [0.2, 0.25) is 11.8 Å². The molecule has 29 heavy (non-hydrogen) atoms. The van der Waals surface area contributed by atoms with Crippen LogP contribution in [0.15, 0.2) is 58.5 Å². The zero-order chi connectivity index (χ0) is 21.2. The molecule has 1 aliphatic rings. The predicted octanol–water partition coefficient (Wildman–Crippen LogP) is 3.11. The summed E-state index contributed by atoms with van der Waals surface area (Å²) in [6.45, 7) is 2.68. The number of benzene rings is 2. The summed E-state index contributed by atoms with van der Waals surface area (Å²) in [7, 11) is -4.04. The van der Waals surface area contributed by atoms with E-state index in [2.05, 4.69) is 10.4 Å². The number of thioether (sulfide) groups is 1. The van der Waals surface area contributed by atoms with Crippen molar-refractivity contribution >= 4 is 50.5 Å². The van der Waals surface area contributed by atoms with E-state index < -0.39 is 15.5 Å². The molecule has 0 unspecified atom stereocenters. The molecule has 0 fully saturated rings. The van der Waals surface area contributed by atoms with Crippen molar-refractivity contribution in [1.29, 1.82) is 0 Å². The van der Waals surface area contributed by atoms with E-state index in [1.165, 1.54) is 43.1 Å². The molecule has 0 spiro atoms. The Morgan fingerprint density at radius 2 is 1.86 bits per heavy atom. The zero-order valence-electron chi connectivity index (χ0n) is 15.3. The normalized spacial score (nSPS) is 16.3. The molecule has 3 rings (SSSR count). The van der Waals surface area contributed by atoms with Gasteiger partial charge in [-0.1, -0.05) is 47.6 Å². The summed E-state index contributed by atoms with van der Waals surface area (Å²) >= 11 is 7.40. The number of carbonyl (C=O) groups excluding carboxylic acids is 2. The van der Waals surface area contributed by atoms with Crippen LogP contribution in [0.1, 0.15) is 24.8 Å². The van der Waals surface area contributed by atoms with Gasteiger partial charge in [-0.15, -0.1) is 5.10 Å². The molecule has 0 saturated heterocycles. The molecule has 8 nitrogen and oxygen atoms in total. The van der Waals surface area contributed by atoms with Crippen LogP contribution in [-0.2, 0) is 19.7 Å². The number of amidine groups is 1. The Morgan fingerprint density at radius 1 is 1.17 bits per heavy atom. The van der Waals surface area contributed by atoms with Crippen molar-refractivity contribution in [3.63, 3.8) is 0 Å². The summed E-state index contributed by atoms with van der Waals surface area (Å²) in [4.78, 5) is 23.2. The predicted molar refractivity (Wildman–Crippen MR) is 110 cm³/mol. The summed E-state index contributed by atoms with van der Waals surface area (Å²) < 4.78 is 29.9. The monoisotopic (exact) mass is 453 g/mol. The molecular weight excluding hydrogens is 438 g/mol. The Labute approximate surface area is 177 Å². The van der Waals surface area contributed by atoms with Gasteiger partial charge in [-0.2, -0.15) is 8.42 Å². The van der Waals surface area contributed by atoms with E-state index >= 15 is 0 Å². The van der Waals surface area contributed by atoms with Crippen LogP contribution in [0, 0.1) is 0 Å². The fourth-order valence-electron chi connectivity index (χ4n) is 2.47. The molecule has 0 saturated carbocycles. The van der Waals surface area contributed by atoms with Crippen molar-refractivity contribution in [2.45, 2.75) is 24.1 Å². The lowest BCUT2D eigenvalue weighted by Gasteiger charge is -2.20. The Bertz CT molecular complexity index is 1090. The van der Waals surface area contributed by atoms with Crippen molar-refractivity contribution < 1.29 is 22.2 Å². The fourth-order valence-corrected chi connectivity index (χ4v) is 4.84. The average Bonchev–Trinajstić information content (AvgIpc) is 3.07. The first-order chi connectivity index (χ1) is 13.7. The third-order valence-electron chi connectivity index (χ3n) is 3.72. The van der Waals surface area contributed by atoms with Crippen LogP contribution < -0.4 is 9.50 Å². The first-order valence-electron chi connectivity index (χ1n) is 8.29. The van der Waals surface area contributed by atoms with Gasteiger partial charge < -0.3 is 9.50 Å². The lowest BCUT2D eigenvalue weighted by Crippen LogP contribution is -2.25. The van der Waals surface area contributed by atoms with Gasteiger partial charge >= 0.3 is 10.1 Å². The van der Waals surface area contributed by atoms with Gasteiger partial charge in [0.15, 0.2) is 10.9 Å². The molecule has 0 radical (unpaired) electrons. The van der Waals surface area contributed by atoms with Crippen LogP contribution in [0.25, 0.3) is 0 Å². The summed E-state index contributed by atoms with van der Waals surface area (Å²) in [5, 5.41) is 7.62. The molecule has 2 aromatic rings. The second-order valence-electron chi connectivity index (χ2n) is 5.96. The summed E-state index contributed by atoms with van der Waals surface area (Å²) in [6, 6.07) is 12.2. The van der Waals surface area contributed by atoms with E-state index in [-0.39, 0.29) is 32.6 Å². The molecule has 2 aromatic carbocycles. The minimum absolute atomic E-state index is 0.00240. The second-order valence-corrected chi connectivity index (χ2v) is 8.98. The Hall–Kier alpha value is -2.56. The number of hydrazone groups is 1. The Morgan fingerprint density at radius 3 is 2.45 bits per heavy atom. The van der Waals surface area contributed by atoms with Gasteiger partial charge in [-0.05, 0) is 29.8 Å². The molecule has 1 N–H and O–H groups in total. The smallest absolute Gasteiger partial charge is 0.339 e. The summed E-state index contributed by atoms with van der Waals surface area (Å²) in [5.41, 5.74) is 0.587. The third kappa shape index (κ3) is 4.89. The number of rotatable bonds is 4. The number of halogens is 1. The molecular formula is C18H16ClN3O5S2. The van der Waals surface area contributed by atoms with Crippen molar-refractivity contribution in [2.24, 2.45) is 5.10 Å². The van der Waals surface area contributed by atoms with Crippen molar-refractivity contribution in [2.75, 3.05) is 0 Å². The fraction of sp³-hybridized carbons (Fsp3) is 0.167. The molecule has 152 valence electrons. The molecule has 0 bridgehead atoms. The minimum atomic E-state index is -4.04. The average molecular weight is 454 g/mol. The number of hydrogen-bond donors (Lipinski definition) is 1. The maximum absolute atomic E-state index is 12.4. The van der Waals surface area contributed by atoms with Gasteiger partial charge in [0.25, 0.3) is 0 Å². The topological polar surface area (TPSA) is 105 Å². The lowest BCUT2D eigenvalue weighted by molar-refractivity contribution is -0.129. The van der Waals surface area contributed by atoms with Crippen LogP contribution in [0.3, 0.4) is 0 Å². The molecule has 0 aliphatic carbocycles. The molecule has 0 aromatic heterocycles. The highest BCUT2D eigenvalue weighted by atomic mass is 35.5. The molecule has 2 amide bonds. The first kappa shape index (κ1) is 21.2. The zero-order valence-corrected chi connectivity index (χ0v) is 17.7. The minimum Gasteiger partial charge on any atom is -0.377 e. The van der Waals surface area contributed by atoms with Crippen molar-refractivity contribution in [3.05, 3.63) is 59.1 Å². The number of hydrogen-bond acceptors (Lipinski definition) is 7. The number of nitrogens with one attached hydrogen (secondary N) is 1. The standard InChI is InChI=1S/C18H16ClN3O5S2/c1-11(23)20-18-21-22(12(2)24)17(28-18)13-8-9-16(15(19)10-13)27-29(25,26)14-6-4-3-5-7-14/h3-10,17H,1-2H3,(H,20,21,23)/t17-/m0/s1. The highest BCUT2D eigenvalue weighted by molar-refractivity contribution is 8.14. The summed E-state index contributed by atoms with van der Waals surface area (Å²) in [5.74, 6) is -0.682. The molecule has 1 heterocycles. The maximum atomic E-state index is 12.4. The summed E-state index contributed by atoms with van der Waals surface area (Å²) in [6.07, 6.45) is 0. The van der Waals surface area contributed by atoms with Gasteiger partial charge in [0, 0.05) is 13.8 Å². The highest BCUT2D eigenvalue weighted by Gasteiger charge is 2.33. The number of nitrogens with zero attached hydrogens (tertiary/aromatic N) is 2. The van der Waals surface area contributed by atoms with Crippen LogP contribution >= 0.6 is 23.4 Å². The second kappa shape index (κ2) is 8.44. The van der Waals surface area contributed by atoms with Gasteiger partial charge in [0.1, 0.15) is 10.3 Å². The van der Waals surface area contributed by atoms with Crippen molar-refractivity contribution in [1.82, 2.24) is 10.3 Å². The number of carbonyl (C=O) groups is 2. The van der Waals surface area contributed by atoms with E-state index in [9.17, 15) is 18.0 Å². The molecule has 1 aliphatic heterocycles. The van der Waals surface area contributed by atoms with E-state index in [0.717, 1.165) is 11.8 Å². The Kier molecular flexibility index (Phi) is 6.15. The van der Waals surface area contributed by atoms with Gasteiger partial charge in [-0.3, -0.25) is 9.59 Å². The van der Waals surface area contributed by atoms with Gasteiger partial charge in [0.05, 0.1) is 5.02 Å². The van der Waals surface area contributed by atoms with Crippen LogP contribution in [0.4, 0.5) is 0 Å². The molecule has 1 atom stereocenters. The highest BCUT2D eigenvalue weighted by Crippen LogP contribution is 2.41. The van der Waals surface area contributed by atoms with E-state index in [1.54, 1.807) is 24.3 Å². The lowest BCUT2D eigenvalue weighted by atomic mass is 10.2. The van der Waals surface area contributed by atoms with Crippen LogP contribution in [-0.4, -0.2) is 30.4 Å². The van der Waals surface area contributed by atoms with Crippen LogP contribution in [0.2, 0.25) is 5.02 Å². The largest absolute Gasteiger partial charge is 0.377 e. The van der Waals surface area contributed by atoms with Crippen LogP contribution in [0.5, 0.6) is 5.75 Å². The van der Waals surface area contributed by atoms with E-state index in [0.29, 0.717) is 5.56 Å². The number of amides is 2. The maximum Gasteiger partial charge on any atom is 0.339 e. The first-order valence-corrected chi connectivity index (χ1v) is 11.0. The van der Waals surface area contributed by atoms with E-state index in [1.807, 2.05) is 0 Å². The SMILES string of the molecule is CC(=O)NC1=NN(C(C)=O)[C@H](c2ccc(OS(=O)(=O)c3ccccc3)c(Cl)c2)S1. The van der Waals surface area contributed by atoms with E-state index in [4.69, 9.17) is 15.8 Å².